The fraction of sp³-hybridized carbons (Fsp3) is 0.900. The molecule has 4 heteroatoms. The third-order valence-electron chi connectivity index (χ3n) is 1.97. The van der Waals surface area contributed by atoms with Crippen molar-refractivity contribution in [3.8, 4) is 0 Å². The third-order valence-corrected chi connectivity index (χ3v) is 2.16. The second-order valence-electron chi connectivity index (χ2n) is 4.02. The summed E-state index contributed by atoms with van der Waals surface area (Å²) in [6.45, 7) is 7.38. The average Bonchev–Trinajstić information content (AvgIpc) is 2.11. The van der Waals surface area contributed by atoms with Gasteiger partial charge in [0, 0.05) is 19.0 Å². The van der Waals surface area contributed by atoms with Crippen molar-refractivity contribution in [3.63, 3.8) is 0 Å². The monoisotopic (exact) mass is 221 g/mol. The molecule has 0 spiro atoms. The van der Waals surface area contributed by atoms with Gasteiger partial charge in [-0.25, -0.2) is 0 Å². The Bertz CT molecular complexity index is 172. The van der Waals surface area contributed by atoms with E-state index in [1.165, 1.54) is 0 Å². The first kappa shape index (κ1) is 13.7. The molecule has 0 bridgehead atoms. The number of hydrogen-bond acceptors (Lipinski definition) is 2. The van der Waals surface area contributed by atoms with Crippen LogP contribution in [0.1, 0.15) is 27.2 Å². The van der Waals surface area contributed by atoms with E-state index in [0.29, 0.717) is 19.0 Å². The highest BCUT2D eigenvalue weighted by Gasteiger charge is 2.17. The molecule has 0 aromatic carbocycles. The summed E-state index contributed by atoms with van der Waals surface area (Å²) in [6, 6.07) is 0. The number of halogens is 1. The van der Waals surface area contributed by atoms with Crippen LogP contribution in [0.3, 0.4) is 0 Å². The van der Waals surface area contributed by atoms with E-state index in [2.05, 4.69) is 19.2 Å². The smallest absolute Gasteiger partial charge is 0.246 e. The topological polar surface area (TPSA) is 38.3 Å². The summed E-state index contributed by atoms with van der Waals surface area (Å²) in [5.74, 6) is 0.559. The van der Waals surface area contributed by atoms with Crippen LogP contribution in [-0.2, 0) is 9.53 Å². The molecule has 0 saturated carbocycles. The van der Waals surface area contributed by atoms with E-state index in [-0.39, 0.29) is 17.9 Å². The van der Waals surface area contributed by atoms with Crippen molar-refractivity contribution < 1.29 is 9.53 Å². The van der Waals surface area contributed by atoms with Gasteiger partial charge in [-0.15, -0.1) is 11.6 Å². The van der Waals surface area contributed by atoms with Gasteiger partial charge in [0.05, 0.1) is 0 Å². The highest BCUT2D eigenvalue weighted by molar-refractivity contribution is 6.17. The molecule has 0 aromatic rings. The van der Waals surface area contributed by atoms with Crippen molar-refractivity contribution in [2.24, 2.45) is 5.41 Å². The highest BCUT2D eigenvalue weighted by atomic mass is 35.5. The van der Waals surface area contributed by atoms with E-state index in [0.717, 1.165) is 6.42 Å². The van der Waals surface area contributed by atoms with Gasteiger partial charge in [-0.1, -0.05) is 13.8 Å². The first-order chi connectivity index (χ1) is 6.52. The van der Waals surface area contributed by atoms with E-state index in [1.807, 2.05) is 6.92 Å². The first-order valence-electron chi connectivity index (χ1n) is 4.92. The molecule has 0 unspecified atom stereocenters. The molecule has 14 heavy (non-hydrogen) atoms. The Labute approximate surface area is 91.2 Å². The van der Waals surface area contributed by atoms with E-state index >= 15 is 0 Å². The number of carbonyl (C=O) groups is 1. The van der Waals surface area contributed by atoms with Crippen LogP contribution in [-0.4, -0.2) is 31.5 Å². The van der Waals surface area contributed by atoms with Crippen molar-refractivity contribution in [1.82, 2.24) is 5.32 Å². The molecule has 0 aromatic heterocycles. The maximum Gasteiger partial charge on any atom is 0.246 e. The Morgan fingerprint density at radius 1 is 1.50 bits per heavy atom. The Balaban J connectivity index is 3.64. The van der Waals surface area contributed by atoms with E-state index < -0.39 is 0 Å². The number of amides is 1. The molecule has 0 aliphatic carbocycles. The van der Waals surface area contributed by atoms with Crippen LogP contribution in [0, 0.1) is 5.41 Å². The van der Waals surface area contributed by atoms with Crippen LogP contribution in [0.15, 0.2) is 0 Å². The summed E-state index contributed by atoms with van der Waals surface area (Å²) < 4.78 is 4.98. The fourth-order valence-corrected chi connectivity index (χ4v) is 1.44. The summed E-state index contributed by atoms with van der Waals surface area (Å²) in [5.41, 5.74) is 0.0592. The van der Waals surface area contributed by atoms with Gasteiger partial charge < -0.3 is 10.1 Å². The average molecular weight is 222 g/mol. The SMILES string of the molecule is CCOCC(=O)NCC(C)(C)CCCl. The molecular weight excluding hydrogens is 202 g/mol. The maximum absolute atomic E-state index is 11.2. The Hall–Kier alpha value is -0.280. The van der Waals surface area contributed by atoms with Crippen molar-refractivity contribution in [3.05, 3.63) is 0 Å². The first-order valence-corrected chi connectivity index (χ1v) is 5.45. The third kappa shape index (κ3) is 7.15. The van der Waals surface area contributed by atoms with Crippen molar-refractivity contribution >= 4 is 17.5 Å². The molecule has 0 radical (unpaired) electrons. The molecule has 3 nitrogen and oxygen atoms in total. The molecule has 0 aliphatic rings. The van der Waals surface area contributed by atoms with Crippen LogP contribution in [0.4, 0.5) is 0 Å². The van der Waals surface area contributed by atoms with Crippen LogP contribution >= 0.6 is 11.6 Å². The predicted molar refractivity (Wildman–Crippen MR) is 58.6 cm³/mol. The number of carbonyl (C=O) groups excluding carboxylic acids is 1. The zero-order chi connectivity index (χ0) is 11.0. The van der Waals surface area contributed by atoms with Crippen molar-refractivity contribution in [2.45, 2.75) is 27.2 Å². The lowest BCUT2D eigenvalue weighted by Crippen LogP contribution is -2.36. The standard InChI is InChI=1S/C10H20ClNO2/c1-4-14-7-9(13)12-8-10(2,3)5-6-11/h4-8H2,1-3H3,(H,12,13). The van der Waals surface area contributed by atoms with E-state index in [1.54, 1.807) is 0 Å². The number of nitrogens with one attached hydrogen (secondary N) is 1. The van der Waals surface area contributed by atoms with Gasteiger partial charge in [-0.2, -0.15) is 0 Å². The van der Waals surface area contributed by atoms with Crippen LogP contribution < -0.4 is 5.32 Å². The van der Waals surface area contributed by atoms with Crippen molar-refractivity contribution in [1.29, 1.82) is 0 Å². The minimum Gasteiger partial charge on any atom is -0.372 e. The normalized spacial score (nSPS) is 11.4. The Kier molecular flexibility index (Phi) is 6.93. The van der Waals surface area contributed by atoms with E-state index in [9.17, 15) is 4.79 Å². The molecule has 0 saturated heterocycles. The molecule has 0 rings (SSSR count). The molecule has 0 heterocycles. The lowest BCUT2D eigenvalue weighted by Gasteiger charge is -2.23. The Morgan fingerprint density at radius 3 is 2.64 bits per heavy atom. The molecule has 1 N–H and O–H groups in total. The second-order valence-corrected chi connectivity index (χ2v) is 4.40. The van der Waals surface area contributed by atoms with Gasteiger partial charge in [-0.05, 0) is 18.8 Å². The van der Waals surface area contributed by atoms with Gasteiger partial charge >= 0.3 is 0 Å². The summed E-state index contributed by atoms with van der Waals surface area (Å²) >= 11 is 5.65. The molecule has 0 aliphatic heterocycles. The highest BCUT2D eigenvalue weighted by Crippen LogP contribution is 2.19. The summed E-state index contributed by atoms with van der Waals surface area (Å²) in [6.07, 6.45) is 0.892. The van der Waals surface area contributed by atoms with Crippen LogP contribution in [0.25, 0.3) is 0 Å². The number of alkyl halides is 1. The quantitative estimate of drug-likeness (QED) is 0.666. The predicted octanol–water partition coefficient (Wildman–Crippen LogP) is 1.79. The minimum atomic E-state index is -0.0607. The molecule has 0 fully saturated rings. The summed E-state index contributed by atoms with van der Waals surface area (Å²) in [4.78, 5) is 11.2. The molecule has 84 valence electrons. The molecule has 0 atom stereocenters. The maximum atomic E-state index is 11.2. The number of rotatable bonds is 7. The number of hydrogen-bond donors (Lipinski definition) is 1. The Morgan fingerprint density at radius 2 is 2.14 bits per heavy atom. The van der Waals surface area contributed by atoms with Crippen molar-refractivity contribution in [2.75, 3.05) is 25.6 Å². The fourth-order valence-electron chi connectivity index (χ4n) is 0.928. The second kappa shape index (κ2) is 7.07. The lowest BCUT2D eigenvalue weighted by atomic mass is 9.90. The minimum absolute atomic E-state index is 0.0592. The molecule has 1 amide bonds. The zero-order valence-electron chi connectivity index (χ0n) is 9.23. The van der Waals surface area contributed by atoms with Gasteiger partial charge in [0.1, 0.15) is 6.61 Å². The lowest BCUT2D eigenvalue weighted by molar-refractivity contribution is -0.126. The van der Waals surface area contributed by atoms with Gasteiger partial charge in [-0.3, -0.25) is 4.79 Å². The van der Waals surface area contributed by atoms with Crippen LogP contribution in [0.2, 0.25) is 0 Å². The zero-order valence-corrected chi connectivity index (χ0v) is 9.99. The van der Waals surface area contributed by atoms with E-state index in [4.69, 9.17) is 16.3 Å². The summed E-state index contributed by atoms with van der Waals surface area (Å²) in [7, 11) is 0. The van der Waals surface area contributed by atoms with Gasteiger partial charge in [0.15, 0.2) is 0 Å². The van der Waals surface area contributed by atoms with Gasteiger partial charge in [0.25, 0.3) is 0 Å². The number of ether oxygens (including phenoxy) is 1. The molecular formula is C10H20ClNO2. The van der Waals surface area contributed by atoms with Gasteiger partial charge in [0.2, 0.25) is 5.91 Å². The van der Waals surface area contributed by atoms with Crippen LogP contribution in [0.5, 0.6) is 0 Å². The summed E-state index contributed by atoms with van der Waals surface area (Å²) in [5, 5.41) is 2.82. The largest absolute Gasteiger partial charge is 0.372 e.